The van der Waals surface area contributed by atoms with Gasteiger partial charge in [0.2, 0.25) is 0 Å². The molecule has 1 aliphatic carbocycles. The summed E-state index contributed by atoms with van der Waals surface area (Å²) >= 11 is 0. The molecule has 26 heavy (non-hydrogen) atoms. The molecule has 1 fully saturated rings. The zero-order valence-electron chi connectivity index (χ0n) is 16.2. The Morgan fingerprint density at radius 3 is 2.54 bits per heavy atom. The fourth-order valence-corrected chi connectivity index (χ4v) is 3.53. The van der Waals surface area contributed by atoms with Crippen LogP contribution in [0.1, 0.15) is 12.8 Å². The Hall–Kier alpha value is -1.49. The minimum atomic E-state index is -1.17. The summed E-state index contributed by atoms with van der Waals surface area (Å²) in [5, 5.41) is 15.4. The van der Waals surface area contributed by atoms with Gasteiger partial charge in [0.1, 0.15) is 12.9 Å². The molecule has 0 aromatic carbocycles. The monoisotopic (exact) mass is 387 g/mol. The lowest BCUT2D eigenvalue weighted by Gasteiger charge is -2.44. The lowest BCUT2D eigenvalue weighted by atomic mass is 9.79. The first kappa shape index (κ1) is 20.8. The molecule has 1 aliphatic rings. The van der Waals surface area contributed by atoms with Crippen molar-refractivity contribution in [2.45, 2.75) is 51.0 Å². The molecule has 2 rings (SSSR count). The molecule has 0 N–H and O–H groups in total. The van der Waals surface area contributed by atoms with Crippen LogP contribution in [-0.4, -0.2) is 56.0 Å². The second kappa shape index (κ2) is 8.46. The Morgan fingerprint density at radius 1 is 1.35 bits per heavy atom. The minimum absolute atomic E-state index is 0.0242. The van der Waals surface area contributed by atoms with Crippen LogP contribution in [0.5, 0.6) is 5.88 Å². The van der Waals surface area contributed by atoms with Gasteiger partial charge in [-0.1, -0.05) is 19.6 Å². The summed E-state index contributed by atoms with van der Waals surface area (Å²) in [4.78, 5) is 10.7. The van der Waals surface area contributed by atoms with Crippen LogP contribution in [0, 0.1) is 16.0 Å². The highest BCUT2D eigenvalue weighted by atomic mass is 28.3. The van der Waals surface area contributed by atoms with Crippen LogP contribution in [0.4, 0.5) is 5.69 Å². The Labute approximate surface area is 154 Å². The van der Waals surface area contributed by atoms with Crippen molar-refractivity contribution in [3.63, 3.8) is 0 Å². The number of ether oxygens (including phenoxy) is 4. The number of methoxy groups -OCH3 is 2. The second-order valence-corrected chi connectivity index (χ2v) is 13.5. The van der Waals surface area contributed by atoms with Crippen molar-refractivity contribution in [3.05, 3.63) is 16.3 Å². The molecular weight excluding hydrogens is 358 g/mol. The van der Waals surface area contributed by atoms with E-state index in [1.54, 1.807) is 14.2 Å². The third kappa shape index (κ3) is 5.50. The SMILES string of the molecule is COC1(OC)CC(COc2nn(COCC[Si](C)(C)C)cc2[N+](=O)[O-])C1. The maximum atomic E-state index is 11.2. The van der Waals surface area contributed by atoms with Crippen LogP contribution in [-0.2, 0) is 20.9 Å². The number of nitro groups is 1. The molecule has 1 aromatic rings. The summed E-state index contributed by atoms with van der Waals surface area (Å²) in [6, 6.07) is 1.03. The van der Waals surface area contributed by atoms with E-state index >= 15 is 0 Å². The summed E-state index contributed by atoms with van der Waals surface area (Å²) in [7, 11) is 2.04. The first-order chi connectivity index (χ1) is 12.2. The van der Waals surface area contributed by atoms with Crippen LogP contribution >= 0.6 is 0 Å². The van der Waals surface area contributed by atoms with Gasteiger partial charge in [-0.15, -0.1) is 5.10 Å². The molecule has 0 bridgehead atoms. The summed E-state index contributed by atoms with van der Waals surface area (Å²) in [6.45, 7) is 7.94. The predicted molar refractivity (Wildman–Crippen MR) is 98.0 cm³/mol. The molecule has 10 heteroatoms. The van der Waals surface area contributed by atoms with Crippen LogP contribution in [0.15, 0.2) is 6.20 Å². The quantitative estimate of drug-likeness (QED) is 0.189. The maximum absolute atomic E-state index is 11.2. The lowest BCUT2D eigenvalue weighted by molar-refractivity contribution is -0.386. The zero-order valence-corrected chi connectivity index (χ0v) is 17.2. The second-order valence-electron chi connectivity index (χ2n) is 7.87. The van der Waals surface area contributed by atoms with E-state index in [1.807, 2.05) is 0 Å². The molecule has 0 unspecified atom stereocenters. The van der Waals surface area contributed by atoms with Gasteiger partial charge in [0.25, 0.3) is 0 Å². The number of hydrogen-bond acceptors (Lipinski definition) is 7. The number of hydrogen-bond donors (Lipinski definition) is 0. The average molecular weight is 388 g/mol. The zero-order chi connectivity index (χ0) is 19.4. The van der Waals surface area contributed by atoms with E-state index < -0.39 is 18.8 Å². The van der Waals surface area contributed by atoms with Crippen molar-refractivity contribution in [1.29, 1.82) is 0 Å². The Bertz CT molecular complexity index is 604. The van der Waals surface area contributed by atoms with E-state index in [1.165, 1.54) is 10.9 Å². The highest BCUT2D eigenvalue weighted by Gasteiger charge is 2.45. The van der Waals surface area contributed by atoms with E-state index in [-0.39, 0.29) is 24.2 Å². The Morgan fingerprint density at radius 2 is 2.00 bits per heavy atom. The number of rotatable bonds is 11. The van der Waals surface area contributed by atoms with Crippen molar-refractivity contribution in [2.75, 3.05) is 27.4 Å². The van der Waals surface area contributed by atoms with Crippen molar-refractivity contribution >= 4 is 13.8 Å². The maximum Gasteiger partial charge on any atom is 0.350 e. The van der Waals surface area contributed by atoms with Crippen LogP contribution in [0.3, 0.4) is 0 Å². The van der Waals surface area contributed by atoms with Gasteiger partial charge in [-0.05, 0) is 6.04 Å². The van der Waals surface area contributed by atoms with Gasteiger partial charge in [0.15, 0.2) is 5.79 Å². The summed E-state index contributed by atoms with van der Waals surface area (Å²) in [5.74, 6) is -0.312. The largest absolute Gasteiger partial charge is 0.471 e. The van der Waals surface area contributed by atoms with Crippen LogP contribution in [0.2, 0.25) is 25.7 Å². The van der Waals surface area contributed by atoms with Gasteiger partial charge < -0.3 is 18.9 Å². The minimum Gasteiger partial charge on any atom is -0.471 e. The molecule has 9 nitrogen and oxygen atoms in total. The van der Waals surface area contributed by atoms with Crippen LogP contribution in [0.25, 0.3) is 0 Å². The number of aromatic nitrogens is 2. The number of nitrogens with zero attached hydrogens (tertiary/aromatic N) is 3. The smallest absolute Gasteiger partial charge is 0.350 e. The summed E-state index contributed by atoms with van der Waals surface area (Å²) < 4.78 is 23.2. The third-order valence-electron chi connectivity index (χ3n) is 4.53. The molecule has 0 spiro atoms. The van der Waals surface area contributed by atoms with Gasteiger partial charge in [-0.3, -0.25) is 10.1 Å². The average Bonchev–Trinajstić information content (AvgIpc) is 2.93. The van der Waals surface area contributed by atoms with Gasteiger partial charge >= 0.3 is 11.6 Å². The van der Waals surface area contributed by atoms with Crippen LogP contribution < -0.4 is 4.74 Å². The van der Waals surface area contributed by atoms with E-state index in [2.05, 4.69) is 24.7 Å². The van der Waals surface area contributed by atoms with E-state index in [4.69, 9.17) is 18.9 Å². The molecule has 148 valence electrons. The molecule has 0 radical (unpaired) electrons. The van der Waals surface area contributed by atoms with E-state index in [9.17, 15) is 10.1 Å². The van der Waals surface area contributed by atoms with Gasteiger partial charge in [0.05, 0.1) is 11.5 Å². The van der Waals surface area contributed by atoms with Crippen molar-refractivity contribution in [2.24, 2.45) is 5.92 Å². The standard InChI is InChI=1S/C16H29N3O6Si/c1-22-16(23-2)8-13(9-16)11-25-15-14(19(20)21)10-18(17-15)12-24-6-7-26(3,4)5/h10,13H,6-9,11-12H2,1-5H3. The summed E-state index contributed by atoms with van der Waals surface area (Å²) in [5.41, 5.74) is -0.150. The predicted octanol–water partition coefficient (Wildman–Crippen LogP) is 2.88. The molecule has 0 amide bonds. The molecule has 0 saturated heterocycles. The molecule has 1 heterocycles. The van der Waals surface area contributed by atoms with Crippen molar-refractivity contribution in [3.8, 4) is 5.88 Å². The third-order valence-corrected chi connectivity index (χ3v) is 6.23. The van der Waals surface area contributed by atoms with Crippen molar-refractivity contribution < 1.29 is 23.9 Å². The Balaban J connectivity index is 1.86. The van der Waals surface area contributed by atoms with E-state index in [0.717, 1.165) is 6.04 Å². The highest BCUT2D eigenvalue weighted by molar-refractivity contribution is 6.76. The fraction of sp³-hybridized carbons (Fsp3) is 0.812. The highest BCUT2D eigenvalue weighted by Crippen LogP contribution is 2.41. The normalized spacial score (nSPS) is 17.1. The first-order valence-corrected chi connectivity index (χ1v) is 12.4. The molecule has 1 saturated carbocycles. The van der Waals surface area contributed by atoms with Gasteiger partial charge in [-0.25, -0.2) is 4.68 Å². The fourth-order valence-electron chi connectivity index (χ4n) is 2.77. The van der Waals surface area contributed by atoms with E-state index in [0.29, 0.717) is 26.1 Å². The lowest BCUT2D eigenvalue weighted by Crippen LogP contribution is -2.49. The molecule has 0 aliphatic heterocycles. The topological polar surface area (TPSA) is 97.9 Å². The molecule has 1 aromatic heterocycles. The van der Waals surface area contributed by atoms with Gasteiger partial charge in [0, 0.05) is 47.7 Å². The molecule has 0 atom stereocenters. The summed E-state index contributed by atoms with van der Waals surface area (Å²) in [6.07, 6.45) is 2.72. The van der Waals surface area contributed by atoms with Gasteiger partial charge in [-0.2, -0.15) is 0 Å². The Kier molecular flexibility index (Phi) is 6.78. The molecular formula is C16H29N3O6Si. The van der Waals surface area contributed by atoms with Crippen molar-refractivity contribution in [1.82, 2.24) is 9.78 Å². The first-order valence-electron chi connectivity index (χ1n) is 8.71.